The normalized spacial score (nSPS) is 10.5. The van der Waals surface area contributed by atoms with Gasteiger partial charge in [-0.15, -0.1) is 10.2 Å². The molecule has 0 bridgehead atoms. The highest BCUT2D eigenvalue weighted by Crippen LogP contribution is 2.07. The topological polar surface area (TPSA) is 54.9 Å². The fourth-order valence-corrected chi connectivity index (χ4v) is 1.37. The van der Waals surface area contributed by atoms with Gasteiger partial charge in [0, 0.05) is 6.54 Å². The highest BCUT2D eigenvalue weighted by atomic mass is 32.1. The van der Waals surface area contributed by atoms with Crippen molar-refractivity contribution in [3.8, 4) is 0 Å². The largest absolute Gasteiger partial charge is 0.350 e. The maximum atomic E-state index is 11.4. The minimum absolute atomic E-state index is 0.126. The van der Waals surface area contributed by atoms with Gasteiger partial charge in [-0.05, 0) is 12.8 Å². The predicted molar refractivity (Wildman–Crippen MR) is 51.8 cm³/mol. The van der Waals surface area contributed by atoms with Crippen LogP contribution in [-0.2, 0) is 0 Å². The summed E-state index contributed by atoms with van der Waals surface area (Å²) in [5.74, 6) is 0.331. The molecular weight excluding hydrogens is 186 g/mol. The van der Waals surface area contributed by atoms with E-state index >= 15 is 0 Å². The van der Waals surface area contributed by atoms with Gasteiger partial charge in [-0.1, -0.05) is 25.2 Å². The zero-order valence-corrected chi connectivity index (χ0v) is 8.81. The van der Waals surface area contributed by atoms with Crippen molar-refractivity contribution in [3.63, 3.8) is 0 Å². The Balaban J connectivity index is 2.49. The van der Waals surface area contributed by atoms with E-state index in [1.165, 1.54) is 11.3 Å². The molecule has 5 heteroatoms. The number of nitrogens with one attached hydrogen (secondary N) is 1. The molecule has 0 aromatic carbocycles. The van der Waals surface area contributed by atoms with Crippen LogP contribution in [0.5, 0.6) is 0 Å². The summed E-state index contributed by atoms with van der Waals surface area (Å²) < 4.78 is 0. The molecule has 0 aliphatic heterocycles. The Labute approximate surface area is 81.4 Å². The molecule has 0 radical (unpaired) electrons. The van der Waals surface area contributed by atoms with Gasteiger partial charge in [-0.25, -0.2) is 0 Å². The summed E-state index contributed by atoms with van der Waals surface area (Å²) in [5.41, 5.74) is 0. The summed E-state index contributed by atoms with van der Waals surface area (Å²) in [6, 6.07) is 0. The van der Waals surface area contributed by atoms with E-state index in [0.717, 1.165) is 5.01 Å². The summed E-state index contributed by atoms with van der Waals surface area (Å²) in [5, 5.41) is 11.6. The van der Waals surface area contributed by atoms with Crippen LogP contribution in [0.25, 0.3) is 0 Å². The molecule has 0 fully saturated rings. The Morgan fingerprint density at radius 1 is 1.54 bits per heavy atom. The summed E-state index contributed by atoms with van der Waals surface area (Å²) in [7, 11) is 0. The van der Waals surface area contributed by atoms with Crippen LogP contribution in [0.3, 0.4) is 0 Å². The van der Waals surface area contributed by atoms with Gasteiger partial charge in [0.1, 0.15) is 5.01 Å². The number of carbonyl (C=O) groups excluding carboxylic acids is 1. The van der Waals surface area contributed by atoms with Gasteiger partial charge in [0.2, 0.25) is 5.01 Å². The molecule has 1 N–H and O–H groups in total. The maximum absolute atomic E-state index is 11.4. The average molecular weight is 199 g/mol. The number of hydrogen-bond acceptors (Lipinski definition) is 4. The van der Waals surface area contributed by atoms with Crippen molar-refractivity contribution in [3.05, 3.63) is 10.0 Å². The summed E-state index contributed by atoms with van der Waals surface area (Å²) in [6.45, 7) is 6.60. The number of aryl methyl sites for hydroxylation is 1. The first-order chi connectivity index (χ1) is 6.09. The third kappa shape index (κ3) is 3.10. The van der Waals surface area contributed by atoms with Gasteiger partial charge in [-0.2, -0.15) is 0 Å². The van der Waals surface area contributed by atoms with Crippen molar-refractivity contribution in [2.24, 2.45) is 5.92 Å². The van der Waals surface area contributed by atoms with Crippen molar-refractivity contribution < 1.29 is 4.79 Å². The lowest BCUT2D eigenvalue weighted by Crippen LogP contribution is -2.27. The van der Waals surface area contributed by atoms with Gasteiger partial charge < -0.3 is 5.32 Å². The van der Waals surface area contributed by atoms with E-state index in [1.807, 2.05) is 20.8 Å². The molecule has 4 nitrogen and oxygen atoms in total. The van der Waals surface area contributed by atoms with Gasteiger partial charge in [0.15, 0.2) is 0 Å². The van der Waals surface area contributed by atoms with E-state index in [0.29, 0.717) is 17.5 Å². The number of nitrogens with zero attached hydrogens (tertiary/aromatic N) is 2. The third-order valence-electron chi connectivity index (χ3n) is 1.39. The van der Waals surface area contributed by atoms with Crippen LogP contribution in [0.1, 0.15) is 28.7 Å². The molecule has 1 heterocycles. The minimum atomic E-state index is -0.126. The van der Waals surface area contributed by atoms with Gasteiger partial charge >= 0.3 is 0 Å². The maximum Gasteiger partial charge on any atom is 0.282 e. The molecule has 13 heavy (non-hydrogen) atoms. The van der Waals surface area contributed by atoms with E-state index in [1.54, 1.807) is 0 Å². The minimum Gasteiger partial charge on any atom is -0.350 e. The molecule has 1 aromatic rings. The molecule has 0 saturated heterocycles. The molecule has 1 aromatic heterocycles. The van der Waals surface area contributed by atoms with Crippen LogP contribution in [0.4, 0.5) is 0 Å². The van der Waals surface area contributed by atoms with Crippen LogP contribution in [0, 0.1) is 12.8 Å². The molecule has 0 unspecified atom stereocenters. The lowest BCUT2D eigenvalue weighted by molar-refractivity contribution is 0.0948. The first-order valence-electron chi connectivity index (χ1n) is 4.18. The Morgan fingerprint density at radius 3 is 2.69 bits per heavy atom. The van der Waals surface area contributed by atoms with Crippen molar-refractivity contribution >= 4 is 17.2 Å². The van der Waals surface area contributed by atoms with E-state index in [2.05, 4.69) is 15.5 Å². The molecule has 1 amide bonds. The molecule has 72 valence electrons. The zero-order chi connectivity index (χ0) is 9.84. The van der Waals surface area contributed by atoms with E-state index in [9.17, 15) is 4.79 Å². The number of rotatable bonds is 3. The Morgan fingerprint density at radius 2 is 2.23 bits per heavy atom. The lowest BCUT2D eigenvalue weighted by atomic mass is 10.2. The third-order valence-corrected chi connectivity index (χ3v) is 2.23. The first kappa shape index (κ1) is 10.1. The quantitative estimate of drug-likeness (QED) is 0.796. The van der Waals surface area contributed by atoms with Crippen LogP contribution in [0.2, 0.25) is 0 Å². The molecule has 0 aliphatic rings. The molecular formula is C8H13N3OS. The molecule has 0 spiro atoms. The highest BCUT2D eigenvalue weighted by molar-refractivity contribution is 7.13. The van der Waals surface area contributed by atoms with E-state index < -0.39 is 0 Å². The van der Waals surface area contributed by atoms with Crippen molar-refractivity contribution in [2.45, 2.75) is 20.8 Å². The van der Waals surface area contributed by atoms with Crippen LogP contribution < -0.4 is 5.32 Å². The number of aromatic nitrogens is 2. The Kier molecular flexibility index (Phi) is 3.36. The second-order valence-corrected chi connectivity index (χ2v) is 4.41. The molecule has 0 atom stereocenters. The molecule has 0 aliphatic carbocycles. The monoisotopic (exact) mass is 199 g/mol. The summed E-state index contributed by atoms with van der Waals surface area (Å²) in [6.07, 6.45) is 0. The number of carbonyl (C=O) groups is 1. The van der Waals surface area contributed by atoms with Crippen LogP contribution in [-0.4, -0.2) is 22.6 Å². The Hall–Kier alpha value is -0.970. The summed E-state index contributed by atoms with van der Waals surface area (Å²) >= 11 is 1.31. The predicted octanol–water partition coefficient (Wildman–Crippen LogP) is 1.23. The summed E-state index contributed by atoms with van der Waals surface area (Å²) in [4.78, 5) is 11.4. The second-order valence-electron chi connectivity index (χ2n) is 3.23. The first-order valence-corrected chi connectivity index (χ1v) is 4.99. The average Bonchev–Trinajstić information content (AvgIpc) is 2.47. The van der Waals surface area contributed by atoms with Gasteiger partial charge in [0.05, 0.1) is 0 Å². The molecule has 0 saturated carbocycles. The second kappa shape index (κ2) is 4.32. The highest BCUT2D eigenvalue weighted by Gasteiger charge is 2.10. The number of hydrogen-bond donors (Lipinski definition) is 1. The van der Waals surface area contributed by atoms with E-state index in [4.69, 9.17) is 0 Å². The van der Waals surface area contributed by atoms with Gasteiger partial charge in [0.25, 0.3) is 5.91 Å². The van der Waals surface area contributed by atoms with E-state index in [-0.39, 0.29) is 5.91 Å². The van der Waals surface area contributed by atoms with Gasteiger partial charge in [-0.3, -0.25) is 4.79 Å². The van der Waals surface area contributed by atoms with Crippen LogP contribution >= 0.6 is 11.3 Å². The smallest absolute Gasteiger partial charge is 0.282 e. The SMILES string of the molecule is Cc1nnc(C(=O)NCC(C)C)s1. The number of amides is 1. The zero-order valence-electron chi connectivity index (χ0n) is 8.00. The van der Waals surface area contributed by atoms with Crippen LogP contribution in [0.15, 0.2) is 0 Å². The molecule has 1 rings (SSSR count). The fraction of sp³-hybridized carbons (Fsp3) is 0.625. The van der Waals surface area contributed by atoms with Crippen molar-refractivity contribution in [1.82, 2.24) is 15.5 Å². The standard InChI is InChI=1S/C8H13N3OS/c1-5(2)4-9-7(12)8-11-10-6(3)13-8/h5H,4H2,1-3H3,(H,9,12). The van der Waals surface area contributed by atoms with Crippen molar-refractivity contribution in [2.75, 3.05) is 6.54 Å². The Bertz CT molecular complexity index is 295. The lowest BCUT2D eigenvalue weighted by Gasteiger charge is -2.04. The van der Waals surface area contributed by atoms with Crippen molar-refractivity contribution in [1.29, 1.82) is 0 Å². The fourth-order valence-electron chi connectivity index (χ4n) is 0.761.